The first-order chi connectivity index (χ1) is 11.3. The Morgan fingerprint density at radius 2 is 1.91 bits per heavy atom. The monoisotopic (exact) mass is 308 g/mol. The fraction of sp³-hybridized carbons (Fsp3) is 0.222. The van der Waals surface area contributed by atoms with Gasteiger partial charge in [0.1, 0.15) is 0 Å². The van der Waals surface area contributed by atoms with Gasteiger partial charge in [0.15, 0.2) is 11.5 Å². The maximum absolute atomic E-state index is 12.3. The van der Waals surface area contributed by atoms with Crippen molar-refractivity contribution in [3.05, 3.63) is 59.2 Å². The third-order valence-corrected chi connectivity index (χ3v) is 4.12. The van der Waals surface area contributed by atoms with E-state index >= 15 is 0 Å². The molecule has 0 saturated heterocycles. The molecule has 0 radical (unpaired) electrons. The van der Waals surface area contributed by atoms with E-state index < -0.39 is 0 Å². The summed E-state index contributed by atoms with van der Waals surface area (Å²) in [4.78, 5) is 12.3. The fourth-order valence-electron chi connectivity index (χ4n) is 2.94. The Balaban J connectivity index is 1.54. The van der Waals surface area contributed by atoms with E-state index in [9.17, 15) is 4.79 Å². The molecule has 116 valence electrons. The van der Waals surface area contributed by atoms with Gasteiger partial charge in [-0.05, 0) is 43.0 Å². The Labute approximate surface area is 133 Å². The van der Waals surface area contributed by atoms with Crippen molar-refractivity contribution >= 4 is 11.6 Å². The predicted octanol–water partition coefficient (Wildman–Crippen LogP) is 2.89. The zero-order chi connectivity index (χ0) is 15.6. The number of amides is 1. The maximum Gasteiger partial charge on any atom is 0.271 e. The van der Waals surface area contributed by atoms with Crippen molar-refractivity contribution in [2.45, 2.75) is 19.3 Å². The molecule has 1 N–H and O–H groups in total. The highest BCUT2D eigenvalue weighted by Gasteiger charge is 2.17. The van der Waals surface area contributed by atoms with Crippen LogP contribution in [0.1, 0.15) is 34.3 Å². The molecule has 23 heavy (non-hydrogen) atoms. The second-order valence-electron chi connectivity index (χ2n) is 5.58. The highest BCUT2D eigenvalue weighted by Crippen LogP contribution is 2.32. The molecule has 2 aliphatic rings. The summed E-state index contributed by atoms with van der Waals surface area (Å²) in [6, 6.07) is 13.3. The molecule has 0 fully saturated rings. The molecule has 1 aliphatic carbocycles. The zero-order valence-corrected chi connectivity index (χ0v) is 12.5. The van der Waals surface area contributed by atoms with Crippen LogP contribution in [0.3, 0.4) is 0 Å². The lowest BCUT2D eigenvalue weighted by Gasteiger charge is -2.17. The van der Waals surface area contributed by atoms with E-state index in [0.717, 1.165) is 30.5 Å². The Morgan fingerprint density at radius 3 is 2.87 bits per heavy atom. The topological polar surface area (TPSA) is 59.9 Å². The second kappa shape index (κ2) is 5.76. The Hall–Kier alpha value is -2.82. The van der Waals surface area contributed by atoms with Crippen molar-refractivity contribution in [1.82, 2.24) is 5.43 Å². The lowest BCUT2D eigenvalue weighted by molar-refractivity contribution is 0.0954. The minimum absolute atomic E-state index is 0.194. The minimum atomic E-state index is -0.251. The summed E-state index contributed by atoms with van der Waals surface area (Å²) in [6.45, 7) is 0.194. The highest BCUT2D eigenvalue weighted by atomic mass is 16.7. The standard InChI is InChI=1S/C18H16N2O3/c21-18(13-8-9-16-17(10-13)23-11-22-16)20-19-15-7-3-5-12-4-1-2-6-14(12)15/h1-2,4,6,8-10H,3,5,7,11H2,(H,20,21). The zero-order valence-electron chi connectivity index (χ0n) is 12.5. The molecule has 5 nitrogen and oxygen atoms in total. The van der Waals surface area contributed by atoms with Gasteiger partial charge in [0, 0.05) is 11.1 Å². The van der Waals surface area contributed by atoms with Crippen LogP contribution in [-0.4, -0.2) is 18.4 Å². The van der Waals surface area contributed by atoms with Crippen LogP contribution in [0.2, 0.25) is 0 Å². The molecule has 1 aliphatic heterocycles. The van der Waals surface area contributed by atoms with E-state index in [4.69, 9.17) is 9.47 Å². The average Bonchev–Trinajstić information content (AvgIpc) is 3.07. The second-order valence-corrected chi connectivity index (χ2v) is 5.58. The number of nitrogens with zero attached hydrogens (tertiary/aromatic N) is 1. The van der Waals surface area contributed by atoms with Gasteiger partial charge in [0.2, 0.25) is 6.79 Å². The summed E-state index contributed by atoms with van der Waals surface area (Å²) >= 11 is 0. The molecule has 0 spiro atoms. The first-order valence-electron chi connectivity index (χ1n) is 7.66. The Morgan fingerprint density at radius 1 is 1.04 bits per heavy atom. The molecule has 4 rings (SSSR count). The number of hydrazone groups is 1. The number of carbonyl (C=O) groups excluding carboxylic acids is 1. The number of nitrogens with one attached hydrogen (secondary N) is 1. The molecule has 2 aromatic rings. The number of rotatable bonds is 2. The lowest BCUT2D eigenvalue weighted by atomic mass is 9.90. The third kappa shape index (κ3) is 2.65. The van der Waals surface area contributed by atoms with E-state index in [1.807, 2.05) is 12.1 Å². The SMILES string of the molecule is O=C(NN=C1CCCc2ccccc21)c1ccc2c(c1)OCO2. The number of aryl methyl sites for hydroxylation is 1. The van der Waals surface area contributed by atoms with Crippen molar-refractivity contribution in [1.29, 1.82) is 0 Å². The quantitative estimate of drug-likeness (QED) is 0.868. The fourth-order valence-corrected chi connectivity index (χ4v) is 2.94. The van der Waals surface area contributed by atoms with Crippen molar-refractivity contribution in [2.75, 3.05) is 6.79 Å². The van der Waals surface area contributed by atoms with E-state index in [2.05, 4.69) is 22.7 Å². The van der Waals surface area contributed by atoms with Crippen LogP contribution in [0.5, 0.6) is 11.5 Å². The number of benzene rings is 2. The molecule has 0 bridgehead atoms. The van der Waals surface area contributed by atoms with Gasteiger partial charge in [-0.3, -0.25) is 4.79 Å². The van der Waals surface area contributed by atoms with Gasteiger partial charge in [-0.15, -0.1) is 0 Å². The van der Waals surface area contributed by atoms with E-state index in [-0.39, 0.29) is 12.7 Å². The summed E-state index contributed by atoms with van der Waals surface area (Å²) in [7, 11) is 0. The minimum Gasteiger partial charge on any atom is -0.454 e. The van der Waals surface area contributed by atoms with Gasteiger partial charge in [0.05, 0.1) is 5.71 Å². The summed E-state index contributed by atoms with van der Waals surface area (Å²) in [5, 5.41) is 4.34. The summed E-state index contributed by atoms with van der Waals surface area (Å²) in [6.07, 6.45) is 2.99. The number of carbonyl (C=O) groups is 1. The van der Waals surface area contributed by atoms with Gasteiger partial charge in [-0.25, -0.2) is 5.43 Å². The van der Waals surface area contributed by atoms with Gasteiger partial charge in [-0.1, -0.05) is 24.3 Å². The van der Waals surface area contributed by atoms with Crippen LogP contribution in [0.25, 0.3) is 0 Å². The van der Waals surface area contributed by atoms with Crippen molar-refractivity contribution in [3.63, 3.8) is 0 Å². The highest BCUT2D eigenvalue weighted by molar-refractivity contribution is 6.04. The summed E-state index contributed by atoms with van der Waals surface area (Å²) < 4.78 is 10.5. The van der Waals surface area contributed by atoms with Gasteiger partial charge >= 0.3 is 0 Å². The van der Waals surface area contributed by atoms with E-state index in [0.29, 0.717) is 17.1 Å². The van der Waals surface area contributed by atoms with E-state index in [1.54, 1.807) is 18.2 Å². The van der Waals surface area contributed by atoms with Crippen LogP contribution in [-0.2, 0) is 6.42 Å². The van der Waals surface area contributed by atoms with Crippen LogP contribution in [0.4, 0.5) is 0 Å². The molecular weight excluding hydrogens is 292 g/mol. The van der Waals surface area contributed by atoms with Crippen molar-refractivity contribution < 1.29 is 14.3 Å². The number of hydrogen-bond acceptors (Lipinski definition) is 4. The molecule has 1 amide bonds. The molecule has 0 atom stereocenters. The Bertz CT molecular complexity index is 799. The van der Waals surface area contributed by atoms with Crippen LogP contribution in [0.15, 0.2) is 47.6 Å². The van der Waals surface area contributed by atoms with Crippen molar-refractivity contribution in [2.24, 2.45) is 5.10 Å². The molecule has 0 unspecified atom stereocenters. The van der Waals surface area contributed by atoms with Gasteiger partial charge in [0.25, 0.3) is 5.91 Å². The first-order valence-corrected chi connectivity index (χ1v) is 7.66. The molecule has 5 heteroatoms. The lowest BCUT2D eigenvalue weighted by Crippen LogP contribution is -2.22. The van der Waals surface area contributed by atoms with Crippen molar-refractivity contribution in [3.8, 4) is 11.5 Å². The normalized spacial score (nSPS) is 17.0. The molecule has 0 aromatic heterocycles. The maximum atomic E-state index is 12.3. The first kappa shape index (κ1) is 13.8. The van der Waals surface area contributed by atoms with Gasteiger partial charge < -0.3 is 9.47 Å². The summed E-state index contributed by atoms with van der Waals surface area (Å²) in [5.74, 6) is 1.00. The number of ether oxygens (including phenoxy) is 2. The van der Waals surface area contributed by atoms with Crippen LogP contribution < -0.4 is 14.9 Å². The smallest absolute Gasteiger partial charge is 0.271 e. The Kier molecular flexibility index (Phi) is 3.46. The van der Waals surface area contributed by atoms with Crippen LogP contribution >= 0.6 is 0 Å². The summed E-state index contributed by atoms with van der Waals surface area (Å²) in [5.41, 5.74) is 6.50. The molecule has 1 heterocycles. The average molecular weight is 308 g/mol. The van der Waals surface area contributed by atoms with Gasteiger partial charge in [-0.2, -0.15) is 5.10 Å². The third-order valence-electron chi connectivity index (χ3n) is 4.12. The molecular formula is C18H16N2O3. The number of fused-ring (bicyclic) bond motifs is 2. The largest absolute Gasteiger partial charge is 0.454 e. The molecule has 0 saturated carbocycles. The predicted molar refractivity (Wildman–Crippen MR) is 85.9 cm³/mol. The molecule has 2 aromatic carbocycles. The number of hydrogen-bond donors (Lipinski definition) is 1. The van der Waals surface area contributed by atoms with Crippen LogP contribution in [0, 0.1) is 0 Å². The van der Waals surface area contributed by atoms with E-state index in [1.165, 1.54) is 5.56 Å².